The van der Waals surface area contributed by atoms with Gasteiger partial charge in [0.2, 0.25) is 10.0 Å². The van der Waals surface area contributed by atoms with Crippen LogP contribution >= 0.6 is 0 Å². The molecule has 2 aliphatic rings. The second-order valence-electron chi connectivity index (χ2n) is 8.00. The highest BCUT2D eigenvalue weighted by molar-refractivity contribution is 7.89. The van der Waals surface area contributed by atoms with Crippen molar-refractivity contribution in [1.29, 1.82) is 0 Å². The number of esters is 1. The second kappa shape index (κ2) is 9.26. The van der Waals surface area contributed by atoms with Crippen molar-refractivity contribution in [3.05, 3.63) is 29.8 Å². The monoisotopic (exact) mass is 422 g/mol. The Morgan fingerprint density at radius 2 is 1.55 bits per heavy atom. The molecule has 0 aromatic heterocycles. The average Bonchev–Trinajstić information content (AvgIpc) is 2.72. The Balaban J connectivity index is 1.59. The van der Waals surface area contributed by atoms with Crippen molar-refractivity contribution in [3.63, 3.8) is 0 Å². The number of hydrogen-bond donors (Lipinski definition) is 0. The van der Waals surface area contributed by atoms with Crippen molar-refractivity contribution in [2.24, 2.45) is 0 Å². The van der Waals surface area contributed by atoms with Crippen LogP contribution in [0.4, 0.5) is 0 Å². The summed E-state index contributed by atoms with van der Waals surface area (Å²) in [7, 11) is -3.54. The van der Waals surface area contributed by atoms with Gasteiger partial charge in [-0.05, 0) is 70.2 Å². The highest BCUT2D eigenvalue weighted by Crippen LogP contribution is 2.23. The second-order valence-corrected chi connectivity index (χ2v) is 9.93. The van der Waals surface area contributed by atoms with Crippen LogP contribution in [0.3, 0.4) is 0 Å². The third kappa shape index (κ3) is 4.98. The molecule has 0 saturated carbocycles. The van der Waals surface area contributed by atoms with E-state index in [2.05, 4.69) is 0 Å². The first kappa shape index (κ1) is 21.8. The molecule has 1 amide bonds. The lowest BCUT2D eigenvalue weighted by atomic mass is 9.97. The molecule has 2 atom stereocenters. The number of hydrogen-bond acceptors (Lipinski definition) is 5. The van der Waals surface area contributed by atoms with Crippen LogP contribution in [0.15, 0.2) is 29.2 Å². The first-order chi connectivity index (χ1) is 13.8. The zero-order chi connectivity index (χ0) is 21.0. The molecule has 29 heavy (non-hydrogen) atoms. The summed E-state index contributed by atoms with van der Waals surface area (Å²) in [5.41, 5.74) is 0.232. The van der Waals surface area contributed by atoms with Crippen molar-refractivity contribution in [1.82, 2.24) is 9.21 Å². The zero-order valence-corrected chi connectivity index (χ0v) is 18.0. The minimum atomic E-state index is -3.54. The molecular weight excluding hydrogens is 392 g/mol. The number of benzene rings is 1. The maximum Gasteiger partial charge on any atom is 0.338 e. The maximum absolute atomic E-state index is 12.7. The van der Waals surface area contributed by atoms with E-state index in [1.807, 2.05) is 13.8 Å². The Morgan fingerprint density at radius 3 is 2.14 bits per heavy atom. The molecule has 0 bridgehead atoms. The van der Waals surface area contributed by atoms with Crippen molar-refractivity contribution < 1.29 is 22.7 Å². The van der Waals surface area contributed by atoms with Gasteiger partial charge in [-0.1, -0.05) is 6.42 Å². The standard InChI is InChI=1S/C21H30N2O5S/c1-16-7-6-8-17(2)23(16)20(24)15-28-21(25)18-9-11-19(12-10-18)29(26,27)22-13-4-3-5-14-22/h9-12,16-17H,3-8,13-15H2,1-2H3/t16-,17-/m1/s1. The Bertz CT molecular complexity index is 821. The Hall–Kier alpha value is -1.93. The number of ether oxygens (including phenoxy) is 1. The first-order valence-corrected chi connectivity index (χ1v) is 11.8. The van der Waals surface area contributed by atoms with Crippen LogP contribution < -0.4 is 0 Å². The number of rotatable bonds is 5. The Kier molecular flexibility index (Phi) is 6.95. The number of amides is 1. The lowest BCUT2D eigenvalue weighted by Crippen LogP contribution is -2.49. The SMILES string of the molecule is C[C@@H]1CCC[C@@H](C)N1C(=O)COC(=O)c1ccc(S(=O)(=O)N2CCCCC2)cc1. The van der Waals surface area contributed by atoms with Gasteiger partial charge >= 0.3 is 5.97 Å². The van der Waals surface area contributed by atoms with E-state index in [-0.39, 0.29) is 35.1 Å². The van der Waals surface area contributed by atoms with Gasteiger partial charge in [0.25, 0.3) is 5.91 Å². The summed E-state index contributed by atoms with van der Waals surface area (Å²) < 4.78 is 32.0. The fourth-order valence-electron chi connectivity index (χ4n) is 4.22. The van der Waals surface area contributed by atoms with Crippen molar-refractivity contribution in [2.75, 3.05) is 19.7 Å². The molecule has 160 valence electrons. The molecule has 1 aromatic carbocycles. The summed E-state index contributed by atoms with van der Waals surface area (Å²) in [6.07, 6.45) is 5.79. The quantitative estimate of drug-likeness (QED) is 0.682. The van der Waals surface area contributed by atoms with Gasteiger partial charge in [0.15, 0.2) is 6.61 Å². The number of sulfonamides is 1. The molecule has 8 heteroatoms. The van der Waals surface area contributed by atoms with Crippen LogP contribution in [-0.2, 0) is 19.6 Å². The van der Waals surface area contributed by atoms with Crippen LogP contribution in [-0.4, -0.2) is 61.3 Å². The first-order valence-electron chi connectivity index (χ1n) is 10.4. The number of carbonyl (C=O) groups is 2. The van der Waals surface area contributed by atoms with E-state index in [1.165, 1.54) is 28.6 Å². The largest absolute Gasteiger partial charge is 0.452 e. The molecule has 0 radical (unpaired) electrons. The van der Waals surface area contributed by atoms with Crippen molar-refractivity contribution in [2.45, 2.75) is 69.4 Å². The number of piperidine rings is 2. The summed E-state index contributed by atoms with van der Waals surface area (Å²) in [4.78, 5) is 26.8. The molecule has 7 nitrogen and oxygen atoms in total. The normalized spacial score (nSPS) is 23.6. The molecule has 2 fully saturated rings. The molecule has 2 aliphatic heterocycles. The minimum absolute atomic E-state index is 0.143. The highest BCUT2D eigenvalue weighted by Gasteiger charge is 2.30. The molecule has 2 saturated heterocycles. The summed E-state index contributed by atoms with van der Waals surface area (Å²) in [6, 6.07) is 6.02. The van der Waals surface area contributed by atoms with Gasteiger partial charge in [-0.3, -0.25) is 4.79 Å². The lowest BCUT2D eigenvalue weighted by Gasteiger charge is -2.38. The maximum atomic E-state index is 12.7. The zero-order valence-electron chi connectivity index (χ0n) is 17.2. The minimum Gasteiger partial charge on any atom is -0.452 e. The van der Waals surface area contributed by atoms with Crippen LogP contribution in [0, 0.1) is 0 Å². The fourth-order valence-corrected chi connectivity index (χ4v) is 5.73. The van der Waals surface area contributed by atoms with E-state index in [9.17, 15) is 18.0 Å². The van der Waals surface area contributed by atoms with Gasteiger partial charge < -0.3 is 9.64 Å². The van der Waals surface area contributed by atoms with E-state index in [1.54, 1.807) is 4.90 Å². The van der Waals surface area contributed by atoms with Crippen LogP contribution in [0.5, 0.6) is 0 Å². The van der Waals surface area contributed by atoms with E-state index in [0.717, 1.165) is 38.5 Å². The van der Waals surface area contributed by atoms with E-state index < -0.39 is 16.0 Å². The van der Waals surface area contributed by atoms with Crippen LogP contribution in [0.25, 0.3) is 0 Å². The molecule has 1 aromatic rings. The van der Waals surface area contributed by atoms with Crippen molar-refractivity contribution in [3.8, 4) is 0 Å². The molecule has 0 unspecified atom stereocenters. The predicted octanol–water partition coefficient (Wildman–Crippen LogP) is 2.81. The predicted molar refractivity (Wildman–Crippen MR) is 109 cm³/mol. The Labute approximate surface area is 173 Å². The van der Waals surface area contributed by atoms with Gasteiger partial charge in [0.1, 0.15) is 0 Å². The molecule has 0 aliphatic carbocycles. The average molecular weight is 423 g/mol. The third-order valence-corrected chi connectivity index (χ3v) is 7.76. The number of nitrogens with zero attached hydrogens (tertiary/aromatic N) is 2. The topological polar surface area (TPSA) is 84.0 Å². The molecule has 0 N–H and O–H groups in total. The molecule has 0 spiro atoms. The number of likely N-dealkylation sites (tertiary alicyclic amines) is 1. The summed E-state index contributed by atoms with van der Waals surface area (Å²) in [5.74, 6) is -0.820. The summed E-state index contributed by atoms with van der Waals surface area (Å²) in [6.45, 7) is 4.78. The third-order valence-electron chi connectivity index (χ3n) is 5.85. The number of carbonyl (C=O) groups excluding carboxylic acids is 2. The smallest absolute Gasteiger partial charge is 0.338 e. The van der Waals surface area contributed by atoms with E-state index in [0.29, 0.717) is 13.1 Å². The van der Waals surface area contributed by atoms with Gasteiger partial charge in [0.05, 0.1) is 10.5 Å². The summed E-state index contributed by atoms with van der Waals surface area (Å²) in [5, 5.41) is 0. The van der Waals surface area contributed by atoms with Crippen molar-refractivity contribution >= 4 is 21.9 Å². The highest BCUT2D eigenvalue weighted by atomic mass is 32.2. The molecular formula is C21H30N2O5S. The van der Waals surface area contributed by atoms with Crippen LogP contribution in [0.2, 0.25) is 0 Å². The molecule has 3 rings (SSSR count). The molecule has 2 heterocycles. The van der Waals surface area contributed by atoms with Crippen LogP contribution in [0.1, 0.15) is 62.7 Å². The van der Waals surface area contributed by atoms with Gasteiger partial charge in [-0.2, -0.15) is 4.31 Å². The van der Waals surface area contributed by atoms with E-state index in [4.69, 9.17) is 4.74 Å². The lowest BCUT2D eigenvalue weighted by molar-refractivity contribution is -0.140. The van der Waals surface area contributed by atoms with Gasteiger partial charge in [0, 0.05) is 25.2 Å². The Morgan fingerprint density at radius 1 is 0.966 bits per heavy atom. The van der Waals surface area contributed by atoms with E-state index >= 15 is 0 Å². The van der Waals surface area contributed by atoms with Gasteiger partial charge in [-0.25, -0.2) is 13.2 Å². The van der Waals surface area contributed by atoms with Gasteiger partial charge in [-0.15, -0.1) is 0 Å². The summed E-state index contributed by atoms with van der Waals surface area (Å²) >= 11 is 0. The fraction of sp³-hybridized carbons (Fsp3) is 0.619.